The van der Waals surface area contributed by atoms with Crippen LogP contribution in [0.3, 0.4) is 0 Å². The quantitative estimate of drug-likeness (QED) is 0.442. The molecule has 0 aromatic heterocycles. The summed E-state index contributed by atoms with van der Waals surface area (Å²) in [6, 6.07) is -0.382. The molecule has 1 fully saturated rings. The van der Waals surface area contributed by atoms with E-state index < -0.39 is 52.5 Å². The van der Waals surface area contributed by atoms with Crippen molar-refractivity contribution in [2.24, 2.45) is 5.92 Å². The number of nitrogens with zero attached hydrogens (tertiary/aromatic N) is 1. The van der Waals surface area contributed by atoms with E-state index in [1.807, 2.05) is 0 Å². The van der Waals surface area contributed by atoms with E-state index in [-0.39, 0.29) is 25.2 Å². The van der Waals surface area contributed by atoms with E-state index in [1.54, 1.807) is 5.32 Å². The van der Waals surface area contributed by atoms with Crippen LogP contribution in [0.2, 0.25) is 5.02 Å². The second-order valence-corrected chi connectivity index (χ2v) is 6.56. The van der Waals surface area contributed by atoms with Crippen molar-refractivity contribution >= 4 is 35.0 Å². The summed E-state index contributed by atoms with van der Waals surface area (Å²) in [7, 11) is 0. The van der Waals surface area contributed by atoms with Crippen LogP contribution in [0.5, 0.6) is 0 Å². The van der Waals surface area contributed by atoms with E-state index >= 15 is 0 Å². The van der Waals surface area contributed by atoms with Crippen LogP contribution in [0.1, 0.15) is 13.3 Å². The Kier molecular flexibility index (Phi) is 6.48. The molecule has 0 saturated carbocycles. The summed E-state index contributed by atoms with van der Waals surface area (Å²) in [5.74, 6) is -6.36. The van der Waals surface area contributed by atoms with Gasteiger partial charge in [-0.15, -0.1) is 0 Å². The normalized spacial score (nSPS) is 18.0. The Balaban J connectivity index is 1.96. The molecule has 0 aliphatic carbocycles. The third-order valence-electron chi connectivity index (χ3n) is 4.17. The molecule has 0 radical (unpaired) electrons. The first-order chi connectivity index (χ1) is 12.9. The van der Waals surface area contributed by atoms with Gasteiger partial charge in [-0.25, -0.2) is 8.78 Å². The topological polar surface area (TPSA) is 78.5 Å². The zero-order valence-corrected chi connectivity index (χ0v) is 15.1. The molecule has 3 amide bonds. The summed E-state index contributed by atoms with van der Waals surface area (Å²) in [4.78, 5) is 36.8. The second kappa shape index (κ2) is 8.29. The molecule has 1 heterocycles. The van der Waals surface area contributed by atoms with Gasteiger partial charge >= 0.3 is 18.0 Å². The number of likely N-dealkylation sites (tertiary alicyclic amines) is 1. The van der Waals surface area contributed by atoms with Crippen LogP contribution in [0.4, 0.5) is 27.6 Å². The van der Waals surface area contributed by atoms with Crippen molar-refractivity contribution in [3.8, 4) is 0 Å². The smallest absolute Gasteiger partial charge is 0.336 e. The molecule has 1 aliphatic rings. The predicted molar refractivity (Wildman–Crippen MR) is 88.3 cm³/mol. The van der Waals surface area contributed by atoms with Gasteiger partial charge in [-0.1, -0.05) is 11.6 Å². The first-order valence-electron chi connectivity index (χ1n) is 8.02. The molecular weight excluding hydrogens is 413 g/mol. The molecule has 154 valence electrons. The van der Waals surface area contributed by atoms with Gasteiger partial charge in [0.25, 0.3) is 0 Å². The zero-order valence-electron chi connectivity index (χ0n) is 14.4. The van der Waals surface area contributed by atoms with Gasteiger partial charge in [0, 0.05) is 13.1 Å². The molecule has 2 N–H and O–H groups in total. The fourth-order valence-corrected chi connectivity index (χ4v) is 2.66. The number of carbonyl (C=O) groups is 3. The Bertz CT molecular complexity index is 802. The fraction of sp³-hybridized carbons (Fsp3) is 0.438. The lowest BCUT2D eigenvalue weighted by Crippen LogP contribution is -2.49. The zero-order chi connectivity index (χ0) is 21.2. The standard InChI is InChI=1S/C16H15ClF5N3O3/c1-7(16(20,21)22)23-14(27)15(28)25-5-4-8(6-25)13(26)24-10-3-2-9(18)11(17)12(10)19/h2-3,7-8H,4-6H2,1H3,(H,23,27)(H,24,26)/t7-,8?/m1/s1. The molecule has 0 bridgehead atoms. The molecule has 1 aromatic carbocycles. The van der Waals surface area contributed by atoms with Crippen LogP contribution in [-0.4, -0.2) is 47.9 Å². The van der Waals surface area contributed by atoms with Crippen LogP contribution in [0, 0.1) is 17.6 Å². The van der Waals surface area contributed by atoms with Crippen LogP contribution in [-0.2, 0) is 14.4 Å². The molecular formula is C16H15ClF5N3O3. The largest absolute Gasteiger partial charge is 0.408 e. The SMILES string of the molecule is C[C@@H](NC(=O)C(=O)N1CCC(C(=O)Nc2ccc(F)c(Cl)c2F)C1)C(F)(F)F. The van der Waals surface area contributed by atoms with Gasteiger partial charge in [-0.3, -0.25) is 14.4 Å². The highest BCUT2D eigenvalue weighted by Crippen LogP contribution is 2.27. The van der Waals surface area contributed by atoms with Gasteiger partial charge in [0.05, 0.1) is 11.6 Å². The number of benzene rings is 1. The Hall–Kier alpha value is -2.43. The first kappa shape index (κ1) is 21.9. The van der Waals surface area contributed by atoms with Crippen LogP contribution >= 0.6 is 11.6 Å². The lowest BCUT2D eigenvalue weighted by Gasteiger charge is -2.20. The maximum Gasteiger partial charge on any atom is 0.408 e. The van der Waals surface area contributed by atoms with Gasteiger partial charge in [-0.05, 0) is 25.5 Å². The molecule has 2 rings (SSSR count). The maximum absolute atomic E-state index is 13.8. The molecule has 0 spiro atoms. The Labute approximate surface area is 161 Å². The summed E-state index contributed by atoms with van der Waals surface area (Å²) in [5.41, 5.74) is -0.363. The molecule has 12 heteroatoms. The fourth-order valence-electron chi connectivity index (χ4n) is 2.50. The van der Waals surface area contributed by atoms with Crippen molar-refractivity contribution in [2.45, 2.75) is 25.6 Å². The van der Waals surface area contributed by atoms with Crippen molar-refractivity contribution in [1.82, 2.24) is 10.2 Å². The number of hydrogen-bond acceptors (Lipinski definition) is 3. The molecule has 1 aliphatic heterocycles. The van der Waals surface area contributed by atoms with E-state index in [0.717, 1.165) is 17.0 Å². The number of anilines is 1. The summed E-state index contributed by atoms with van der Waals surface area (Å²) in [6.45, 7) is 0.403. The maximum atomic E-state index is 13.8. The summed E-state index contributed by atoms with van der Waals surface area (Å²) >= 11 is 5.42. The van der Waals surface area contributed by atoms with E-state index in [4.69, 9.17) is 11.6 Å². The van der Waals surface area contributed by atoms with E-state index in [1.165, 1.54) is 0 Å². The average molecular weight is 428 g/mol. The van der Waals surface area contributed by atoms with Gasteiger partial charge in [0.2, 0.25) is 5.91 Å². The molecule has 1 aromatic rings. The minimum Gasteiger partial charge on any atom is -0.336 e. The monoisotopic (exact) mass is 427 g/mol. The Morgan fingerprint density at radius 2 is 1.89 bits per heavy atom. The summed E-state index contributed by atoms with van der Waals surface area (Å²) in [5, 5.41) is 2.96. The molecule has 2 atom stereocenters. The van der Waals surface area contributed by atoms with Gasteiger partial charge in [0.15, 0.2) is 5.82 Å². The number of rotatable bonds is 3. The average Bonchev–Trinajstić information content (AvgIpc) is 3.10. The van der Waals surface area contributed by atoms with E-state index in [2.05, 4.69) is 5.32 Å². The lowest BCUT2D eigenvalue weighted by atomic mass is 10.1. The van der Waals surface area contributed by atoms with E-state index in [9.17, 15) is 36.3 Å². The van der Waals surface area contributed by atoms with Crippen molar-refractivity contribution in [3.63, 3.8) is 0 Å². The minimum atomic E-state index is -4.70. The highest BCUT2D eigenvalue weighted by molar-refractivity contribution is 6.35. The highest BCUT2D eigenvalue weighted by atomic mass is 35.5. The molecule has 1 unspecified atom stereocenters. The Morgan fingerprint density at radius 1 is 1.25 bits per heavy atom. The number of halogens is 6. The minimum absolute atomic E-state index is 0.0443. The van der Waals surface area contributed by atoms with Gasteiger partial charge < -0.3 is 15.5 Å². The number of carbonyl (C=O) groups excluding carboxylic acids is 3. The third-order valence-corrected chi connectivity index (χ3v) is 4.52. The Morgan fingerprint density at radius 3 is 2.50 bits per heavy atom. The highest BCUT2D eigenvalue weighted by Gasteiger charge is 2.40. The summed E-state index contributed by atoms with van der Waals surface area (Å²) < 4.78 is 64.3. The van der Waals surface area contributed by atoms with Gasteiger partial charge in [-0.2, -0.15) is 13.2 Å². The van der Waals surface area contributed by atoms with Crippen molar-refractivity contribution in [2.75, 3.05) is 18.4 Å². The number of hydrogen-bond donors (Lipinski definition) is 2. The first-order valence-corrected chi connectivity index (χ1v) is 8.40. The van der Waals surface area contributed by atoms with Crippen LogP contribution in [0.25, 0.3) is 0 Å². The van der Waals surface area contributed by atoms with Crippen molar-refractivity contribution < 1.29 is 36.3 Å². The third kappa shape index (κ3) is 4.89. The van der Waals surface area contributed by atoms with E-state index in [0.29, 0.717) is 6.92 Å². The number of nitrogens with one attached hydrogen (secondary N) is 2. The van der Waals surface area contributed by atoms with Crippen LogP contribution < -0.4 is 10.6 Å². The van der Waals surface area contributed by atoms with Gasteiger partial charge in [0.1, 0.15) is 16.9 Å². The number of alkyl halides is 3. The van der Waals surface area contributed by atoms with Crippen LogP contribution in [0.15, 0.2) is 12.1 Å². The van der Waals surface area contributed by atoms with Crippen molar-refractivity contribution in [1.29, 1.82) is 0 Å². The molecule has 28 heavy (non-hydrogen) atoms. The number of amides is 3. The predicted octanol–water partition coefficient (Wildman–Crippen LogP) is 2.47. The lowest BCUT2D eigenvalue weighted by molar-refractivity contribution is -0.162. The molecule has 6 nitrogen and oxygen atoms in total. The summed E-state index contributed by atoms with van der Waals surface area (Å²) in [6.07, 6.45) is -4.60. The van der Waals surface area contributed by atoms with Crippen molar-refractivity contribution in [3.05, 3.63) is 28.8 Å². The second-order valence-electron chi connectivity index (χ2n) is 6.19. The molecule has 1 saturated heterocycles.